The van der Waals surface area contributed by atoms with E-state index in [9.17, 15) is 16.8 Å². The molecule has 0 N–H and O–H groups in total. The number of sulfone groups is 1. The number of nitrogens with zero attached hydrogens (tertiary/aromatic N) is 2. The molecule has 0 spiro atoms. The molecule has 0 saturated carbocycles. The fourth-order valence-corrected chi connectivity index (χ4v) is 7.74. The molecule has 2 atom stereocenters. The Morgan fingerprint density at radius 1 is 1.03 bits per heavy atom. The third-order valence-electron chi connectivity index (χ3n) is 5.98. The van der Waals surface area contributed by atoms with E-state index in [1.165, 1.54) is 34.8 Å². The largest absolute Gasteiger partial charge is 0.299 e. The molecule has 2 aromatic rings. The molecular formula is C23H29Cl3N2O4S2. The maximum atomic E-state index is 13.7. The lowest BCUT2D eigenvalue weighted by Crippen LogP contribution is -2.40. The average molecular weight is 568 g/mol. The maximum Gasteiger partial charge on any atom is 0.264 e. The van der Waals surface area contributed by atoms with Gasteiger partial charge in [0.05, 0.1) is 21.4 Å². The topological polar surface area (TPSA) is 74.8 Å². The third-order valence-corrected chi connectivity index (χ3v) is 9.72. The van der Waals surface area contributed by atoms with Crippen LogP contribution in [0, 0.1) is 0 Å². The van der Waals surface area contributed by atoms with E-state index in [-0.39, 0.29) is 21.7 Å². The van der Waals surface area contributed by atoms with Crippen LogP contribution in [0.1, 0.15) is 32.6 Å². The summed E-state index contributed by atoms with van der Waals surface area (Å²) >= 11 is 18.6. The van der Waals surface area contributed by atoms with E-state index in [0.717, 1.165) is 19.4 Å². The highest BCUT2D eigenvalue weighted by Gasteiger charge is 2.32. The molecule has 1 aliphatic rings. The molecule has 1 fully saturated rings. The molecule has 34 heavy (non-hydrogen) atoms. The van der Waals surface area contributed by atoms with Crippen molar-refractivity contribution < 1.29 is 16.8 Å². The van der Waals surface area contributed by atoms with Gasteiger partial charge in [0.1, 0.15) is 9.84 Å². The van der Waals surface area contributed by atoms with Gasteiger partial charge in [-0.15, -0.1) is 0 Å². The highest BCUT2D eigenvalue weighted by molar-refractivity contribution is 7.93. The summed E-state index contributed by atoms with van der Waals surface area (Å²) in [6.07, 6.45) is 4.34. The molecule has 0 aromatic heterocycles. The molecule has 0 amide bonds. The Balaban J connectivity index is 1.82. The SMILES string of the molecule is C[C@H](CCCN1CCC[C@H]1CS(C)(=O)=O)N(c1cc(Cl)ccc1Cl)S(=O)(=O)c1ccc(Cl)cc1. The molecule has 11 heteroatoms. The van der Waals surface area contributed by atoms with Crippen LogP contribution in [0.15, 0.2) is 47.4 Å². The first-order chi connectivity index (χ1) is 15.9. The molecule has 1 saturated heterocycles. The van der Waals surface area contributed by atoms with Gasteiger partial charge in [-0.25, -0.2) is 16.8 Å². The summed E-state index contributed by atoms with van der Waals surface area (Å²) in [4.78, 5) is 2.30. The number of anilines is 1. The predicted molar refractivity (Wildman–Crippen MR) is 141 cm³/mol. The first-order valence-corrected chi connectivity index (χ1v) is 15.7. The summed E-state index contributed by atoms with van der Waals surface area (Å²) in [5.74, 6) is 0.151. The second kappa shape index (κ2) is 11.4. The van der Waals surface area contributed by atoms with Crippen LogP contribution in [0.5, 0.6) is 0 Å². The summed E-state index contributed by atoms with van der Waals surface area (Å²) in [7, 11) is -7.01. The fraction of sp³-hybridized carbons (Fsp3) is 0.478. The van der Waals surface area contributed by atoms with Gasteiger partial charge in [0.2, 0.25) is 0 Å². The minimum Gasteiger partial charge on any atom is -0.299 e. The van der Waals surface area contributed by atoms with Crippen molar-refractivity contribution in [2.24, 2.45) is 0 Å². The van der Waals surface area contributed by atoms with Crippen molar-refractivity contribution in [3.63, 3.8) is 0 Å². The third kappa shape index (κ3) is 7.02. The second-order valence-corrected chi connectivity index (χ2v) is 14.0. The Bertz CT molecular complexity index is 1210. The molecule has 1 heterocycles. The van der Waals surface area contributed by atoms with Crippen LogP contribution in [-0.4, -0.2) is 58.9 Å². The van der Waals surface area contributed by atoms with Crippen LogP contribution in [0.2, 0.25) is 15.1 Å². The van der Waals surface area contributed by atoms with Crippen molar-refractivity contribution >= 4 is 60.4 Å². The quantitative estimate of drug-likeness (QED) is 0.378. The van der Waals surface area contributed by atoms with Gasteiger partial charge in [0.25, 0.3) is 10.0 Å². The van der Waals surface area contributed by atoms with E-state index >= 15 is 0 Å². The van der Waals surface area contributed by atoms with Gasteiger partial charge in [-0.1, -0.05) is 34.8 Å². The molecule has 6 nitrogen and oxygen atoms in total. The van der Waals surface area contributed by atoms with Crippen molar-refractivity contribution in [1.29, 1.82) is 0 Å². The minimum atomic E-state index is -3.95. The zero-order valence-electron chi connectivity index (χ0n) is 19.1. The van der Waals surface area contributed by atoms with Crippen molar-refractivity contribution in [2.75, 3.05) is 29.4 Å². The second-order valence-electron chi connectivity index (χ2n) is 8.77. The van der Waals surface area contributed by atoms with E-state index in [1.54, 1.807) is 18.2 Å². The Morgan fingerprint density at radius 2 is 1.68 bits per heavy atom. The van der Waals surface area contributed by atoms with Gasteiger partial charge in [0.15, 0.2) is 0 Å². The van der Waals surface area contributed by atoms with Gasteiger partial charge in [0, 0.05) is 28.4 Å². The van der Waals surface area contributed by atoms with Crippen molar-refractivity contribution in [2.45, 2.75) is 49.6 Å². The van der Waals surface area contributed by atoms with Crippen molar-refractivity contribution in [3.05, 3.63) is 57.5 Å². The monoisotopic (exact) mass is 566 g/mol. The van der Waals surface area contributed by atoms with Gasteiger partial charge in [-0.2, -0.15) is 0 Å². The lowest BCUT2D eigenvalue weighted by Gasteiger charge is -2.32. The van der Waals surface area contributed by atoms with Crippen molar-refractivity contribution in [1.82, 2.24) is 4.90 Å². The predicted octanol–water partition coefficient (Wildman–Crippen LogP) is 5.52. The van der Waals surface area contributed by atoms with Gasteiger partial charge in [-0.05, 0) is 88.2 Å². The van der Waals surface area contributed by atoms with E-state index in [4.69, 9.17) is 34.8 Å². The average Bonchev–Trinajstić information content (AvgIpc) is 3.16. The molecule has 0 unspecified atom stereocenters. The maximum absolute atomic E-state index is 13.7. The molecule has 188 valence electrons. The first-order valence-electron chi connectivity index (χ1n) is 11.1. The number of likely N-dealkylation sites (tertiary alicyclic amines) is 1. The number of rotatable bonds is 10. The lowest BCUT2D eigenvalue weighted by molar-refractivity contribution is 0.262. The molecule has 1 aliphatic heterocycles. The smallest absolute Gasteiger partial charge is 0.264 e. The summed E-state index contributed by atoms with van der Waals surface area (Å²) in [5, 5.41) is 1.10. The van der Waals surface area contributed by atoms with Crippen LogP contribution in [0.3, 0.4) is 0 Å². The molecule has 0 radical (unpaired) electrons. The normalized spacial score (nSPS) is 18.2. The highest BCUT2D eigenvalue weighted by Crippen LogP contribution is 2.35. The van der Waals surface area contributed by atoms with Crippen molar-refractivity contribution in [3.8, 4) is 0 Å². The van der Waals surface area contributed by atoms with Crippen LogP contribution >= 0.6 is 34.8 Å². The standard InChI is InChI=1S/C23H29Cl3N2O4S2/c1-17(5-3-13-27-14-4-6-20(27)16-33(2,29)30)28(23-15-19(25)9-12-22(23)26)34(31,32)21-10-7-18(24)8-11-21/h7-12,15,17,20H,3-6,13-14,16H2,1-2H3/t17-,20+/m1/s1. The van der Waals surface area contributed by atoms with Crippen LogP contribution in [0.25, 0.3) is 0 Å². The first kappa shape index (κ1) is 27.6. The zero-order chi connectivity index (χ0) is 25.1. The highest BCUT2D eigenvalue weighted by atomic mass is 35.5. The lowest BCUT2D eigenvalue weighted by atomic mass is 10.1. The molecule has 0 bridgehead atoms. The Hall–Kier alpha value is -1.03. The summed E-state index contributed by atoms with van der Waals surface area (Å²) in [5.41, 5.74) is 0.313. The number of sulfonamides is 1. The van der Waals surface area contributed by atoms with Crippen LogP contribution < -0.4 is 4.31 Å². The Labute approximate surface area is 217 Å². The number of hydrogen-bond acceptors (Lipinski definition) is 5. The number of hydrogen-bond donors (Lipinski definition) is 0. The summed E-state index contributed by atoms with van der Waals surface area (Å²) in [6.45, 7) is 3.38. The van der Waals surface area contributed by atoms with Crippen LogP contribution in [0.4, 0.5) is 5.69 Å². The van der Waals surface area contributed by atoms with Gasteiger partial charge < -0.3 is 0 Å². The van der Waals surface area contributed by atoms with E-state index in [0.29, 0.717) is 35.1 Å². The van der Waals surface area contributed by atoms with Gasteiger partial charge in [-0.3, -0.25) is 9.21 Å². The van der Waals surface area contributed by atoms with E-state index in [1.807, 2.05) is 6.92 Å². The van der Waals surface area contributed by atoms with Gasteiger partial charge >= 0.3 is 0 Å². The Morgan fingerprint density at radius 3 is 2.32 bits per heavy atom. The number of benzene rings is 2. The van der Waals surface area contributed by atoms with E-state index < -0.39 is 25.9 Å². The van der Waals surface area contributed by atoms with E-state index in [2.05, 4.69) is 4.90 Å². The molecule has 3 rings (SSSR count). The number of halogens is 3. The summed E-state index contributed by atoms with van der Waals surface area (Å²) < 4.78 is 52.2. The minimum absolute atomic E-state index is 0.0154. The Kier molecular flexibility index (Phi) is 9.20. The molecular weight excluding hydrogens is 539 g/mol. The van der Waals surface area contributed by atoms with Crippen LogP contribution in [-0.2, 0) is 19.9 Å². The molecule has 2 aromatic carbocycles. The zero-order valence-corrected chi connectivity index (χ0v) is 23.0. The fourth-order valence-electron chi connectivity index (χ4n) is 4.41. The molecule has 0 aliphatic carbocycles. The summed E-state index contributed by atoms with van der Waals surface area (Å²) in [6, 6.07) is 10.3.